The van der Waals surface area contributed by atoms with Gasteiger partial charge in [0.1, 0.15) is 5.82 Å². The maximum atomic E-state index is 13.6. The summed E-state index contributed by atoms with van der Waals surface area (Å²) in [5.74, 6) is -2.05. The Morgan fingerprint density at radius 3 is 2.60 bits per heavy atom. The lowest BCUT2D eigenvalue weighted by atomic mass is 10.1. The van der Waals surface area contributed by atoms with Gasteiger partial charge in [-0.2, -0.15) is 5.10 Å². The van der Waals surface area contributed by atoms with E-state index in [0.717, 1.165) is 6.07 Å². The molecule has 0 radical (unpaired) electrons. The first-order valence-electron chi connectivity index (χ1n) is 7.49. The van der Waals surface area contributed by atoms with E-state index in [1.54, 1.807) is 31.6 Å². The van der Waals surface area contributed by atoms with Gasteiger partial charge in [0.05, 0.1) is 22.2 Å². The van der Waals surface area contributed by atoms with E-state index in [2.05, 4.69) is 15.4 Å². The van der Waals surface area contributed by atoms with Gasteiger partial charge in [-0.1, -0.05) is 0 Å². The number of halogens is 1. The number of hydrogen-bond donors (Lipinski definition) is 2. The van der Waals surface area contributed by atoms with Gasteiger partial charge in [0.15, 0.2) is 5.65 Å². The van der Waals surface area contributed by atoms with Crippen molar-refractivity contribution in [3.8, 4) is 0 Å². The highest BCUT2D eigenvalue weighted by Gasteiger charge is 2.18. The number of amides is 2. The summed E-state index contributed by atoms with van der Waals surface area (Å²) < 4.78 is 15.2. The van der Waals surface area contributed by atoms with E-state index in [1.807, 2.05) is 0 Å². The predicted octanol–water partition coefficient (Wildman–Crippen LogP) is 2.08. The molecule has 1 aromatic carbocycles. The number of carbonyl (C=O) groups is 2. The summed E-state index contributed by atoms with van der Waals surface area (Å²) in [5.41, 5.74) is 7.45. The van der Waals surface area contributed by atoms with Gasteiger partial charge >= 0.3 is 0 Å². The third-order valence-electron chi connectivity index (χ3n) is 3.83. The molecule has 7 nitrogen and oxygen atoms in total. The Balaban J connectivity index is 2.04. The molecule has 2 aromatic heterocycles. The number of rotatable bonds is 3. The lowest BCUT2D eigenvalue weighted by molar-refractivity contribution is 0.0992. The molecule has 2 heterocycles. The van der Waals surface area contributed by atoms with Crippen molar-refractivity contribution >= 4 is 28.5 Å². The highest BCUT2D eigenvalue weighted by molar-refractivity contribution is 6.13. The van der Waals surface area contributed by atoms with E-state index in [1.165, 1.54) is 12.1 Å². The third-order valence-corrected chi connectivity index (χ3v) is 3.83. The lowest BCUT2D eigenvalue weighted by Crippen LogP contribution is -2.16. The molecule has 0 saturated carbocycles. The monoisotopic (exact) mass is 341 g/mol. The minimum atomic E-state index is -0.904. The Morgan fingerprint density at radius 2 is 1.92 bits per heavy atom. The van der Waals surface area contributed by atoms with Crippen LogP contribution in [0.15, 0.2) is 24.3 Å². The van der Waals surface area contributed by atoms with Crippen molar-refractivity contribution in [3.63, 3.8) is 0 Å². The van der Waals surface area contributed by atoms with E-state index in [0.29, 0.717) is 28.0 Å². The number of benzene rings is 1. The molecule has 128 valence electrons. The molecular formula is C17H16FN5O2. The van der Waals surface area contributed by atoms with Gasteiger partial charge in [-0.05, 0) is 38.1 Å². The second-order valence-electron chi connectivity index (χ2n) is 5.73. The SMILES string of the molecule is Cc1cc(C(=O)Nc2ccc(F)c(C(N)=O)c2)c2c(C)nn(C)c2n1. The summed E-state index contributed by atoms with van der Waals surface area (Å²) in [6, 6.07) is 5.31. The molecule has 0 aliphatic heterocycles. The molecule has 2 amide bonds. The smallest absolute Gasteiger partial charge is 0.256 e. The fraction of sp³-hybridized carbons (Fsp3) is 0.176. The van der Waals surface area contributed by atoms with Crippen LogP contribution in [0.25, 0.3) is 11.0 Å². The van der Waals surface area contributed by atoms with Crippen LogP contribution in [0, 0.1) is 19.7 Å². The van der Waals surface area contributed by atoms with Crippen molar-refractivity contribution in [2.24, 2.45) is 12.8 Å². The molecule has 0 aliphatic carbocycles. The minimum Gasteiger partial charge on any atom is -0.366 e. The zero-order valence-corrected chi connectivity index (χ0v) is 13.9. The molecular weight excluding hydrogens is 325 g/mol. The molecule has 0 spiro atoms. The first-order valence-corrected chi connectivity index (χ1v) is 7.49. The van der Waals surface area contributed by atoms with E-state index in [9.17, 15) is 14.0 Å². The number of nitrogens with two attached hydrogens (primary N) is 1. The van der Waals surface area contributed by atoms with Gasteiger partial charge < -0.3 is 11.1 Å². The quantitative estimate of drug-likeness (QED) is 0.761. The first kappa shape index (κ1) is 16.6. The van der Waals surface area contributed by atoms with Crippen LogP contribution in [0.1, 0.15) is 32.1 Å². The summed E-state index contributed by atoms with van der Waals surface area (Å²) in [5, 5.41) is 7.59. The second-order valence-corrected chi connectivity index (χ2v) is 5.73. The molecule has 25 heavy (non-hydrogen) atoms. The van der Waals surface area contributed by atoms with Gasteiger partial charge in [0.25, 0.3) is 11.8 Å². The maximum Gasteiger partial charge on any atom is 0.256 e. The number of fused-ring (bicyclic) bond motifs is 1. The van der Waals surface area contributed by atoms with Crippen molar-refractivity contribution in [1.82, 2.24) is 14.8 Å². The van der Waals surface area contributed by atoms with E-state index in [-0.39, 0.29) is 11.3 Å². The zero-order valence-electron chi connectivity index (χ0n) is 13.9. The van der Waals surface area contributed by atoms with Crippen molar-refractivity contribution in [2.45, 2.75) is 13.8 Å². The van der Waals surface area contributed by atoms with Crippen LogP contribution >= 0.6 is 0 Å². The molecule has 0 aliphatic rings. The lowest BCUT2D eigenvalue weighted by Gasteiger charge is -2.09. The minimum absolute atomic E-state index is 0.268. The standard InChI is InChI=1S/C17H16FN5O2/c1-8-6-12(14-9(2)22-23(3)16(14)20-8)17(25)21-10-4-5-13(18)11(7-10)15(19)24/h4-7H,1-3H3,(H2,19,24)(H,21,25). The van der Waals surface area contributed by atoms with Crippen molar-refractivity contribution in [3.05, 3.63) is 52.6 Å². The van der Waals surface area contributed by atoms with Crippen LogP contribution in [0.3, 0.4) is 0 Å². The molecule has 0 saturated heterocycles. The Bertz CT molecular complexity index is 1030. The summed E-state index contributed by atoms with van der Waals surface area (Å²) in [6.07, 6.45) is 0. The van der Waals surface area contributed by atoms with Crippen molar-refractivity contribution < 1.29 is 14.0 Å². The van der Waals surface area contributed by atoms with E-state index >= 15 is 0 Å². The van der Waals surface area contributed by atoms with Gasteiger partial charge in [0, 0.05) is 18.4 Å². The zero-order chi connectivity index (χ0) is 18.3. The highest BCUT2D eigenvalue weighted by atomic mass is 19.1. The van der Waals surface area contributed by atoms with Crippen LogP contribution in [0.2, 0.25) is 0 Å². The highest BCUT2D eigenvalue weighted by Crippen LogP contribution is 2.23. The molecule has 3 rings (SSSR count). The molecule has 0 atom stereocenters. The molecule has 8 heteroatoms. The average Bonchev–Trinajstić information content (AvgIpc) is 2.82. The van der Waals surface area contributed by atoms with Gasteiger partial charge in [-0.25, -0.2) is 9.37 Å². The molecule has 3 N–H and O–H groups in total. The topological polar surface area (TPSA) is 103 Å². The molecule has 3 aromatic rings. The number of nitrogens with zero attached hydrogens (tertiary/aromatic N) is 3. The molecule has 0 fully saturated rings. The molecule has 0 unspecified atom stereocenters. The number of pyridine rings is 1. The average molecular weight is 341 g/mol. The fourth-order valence-electron chi connectivity index (χ4n) is 2.74. The van der Waals surface area contributed by atoms with Crippen LogP contribution < -0.4 is 11.1 Å². The summed E-state index contributed by atoms with van der Waals surface area (Å²) in [4.78, 5) is 28.4. The first-order chi connectivity index (χ1) is 11.8. The predicted molar refractivity (Wildman–Crippen MR) is 90.9 cm³/mol. The van der Waals surface area contributed by atoms with Crippen LogP contribution in [-0.2, 0) is 7.05 Å². The third kappa shape index (κ3) is 2.93. The van der Waals surface area contributed by atoms with Crippen LogP contribution in [0.4, 0.5) is 10.1 Å². The summed E-state index contributed by atoms with van der Waals surface area (Å²) in [7, 11) is 1.75. The number of carbonyl (C=O) groups excluding carboxylic acids is 2. The van der Waals surface area contributed by atoms with Gasteiger partial charge in [0.2, 0.25) is 0 Å². The Kier molecular flexibility index (Phi) is 3.96. The summed E-state index contributed by atoms with van der Waals surface area (Å²) in [6.45, 7) is 3.57. The number of hydrogen-bond acceptors (Lipinski definition) is 4. The number of anilines is 1. The van der Waals surface area contributed by atoms with E-state index in [4.69, 9.17) is 5.73 Å². The Morgan fingerprint density at radius 1 is 1.20 bits per heavy atom. The van der Waals surface area contributed by atoms with Crippen LogP contribution in [0.5, 0.6) is 0 Å². The number of aromatic nitrogens is 3. The number of nitrogens with one attached hydrogen (secondary N) is 1. The van der Waals surface area contributed by atoms with Crippen molar-refractivity contribution in [1.29, 1.82) is 0 Å². The Labute approximate surface area is 142 Å². The largest absolute Gasteiger partial charge is 0.366 e. The summed E-state index contributed by atoms with van der Waals surface area (Å²) >= 11 is 0. The van der Waals surface area contributed by atoms with E-state index < -0.39 is 17.6 Å². The van der Waals surface area contributed by atoms with Gasteiger partial charge in [-0.3, -0.25) is 14.3 Å². The van der Waals surface area contributed by atoms with Crippen LogP contribution in [-0.4, -0.2) is 26.6 Å². The number of aryl methyl sites for hydroxylation is 3. The van der Waals surface area contributed by atoms with Gasteiger partial charge in [-0.15, -0.1) is 0 Å². The fourth-order valence-corrected chi connectivity index (χ4v) is 2.74. The maximum absolute atomic E-state index is 13.6. The number of primary amides is 1. The normalized spacial score (nSPS) is 10.9. The second kappa shape index (κ2) is 5.97. The molecule has 0 bridgehead atoms. The van der Waals surface area contributed by atoms with Crippen molar-refractivity contribution in [2.75, 3.05) is 5.32 Å². The Hall–Kier alpha value is -3.29.